The molecule has 0 unspecified atom stereocenters. The van der Waals surface area contributed by atoms with Crippen LogP contribution in [0.2, 0.25) is 0 Å². The third kappa shape index (κ3) is 2.11. The maximum Gasteiger partial charge on any atom is 0.341 e. The Morgan fingerprint density at radius 1 is 1.50 bits per heavy atom. The van der Waals surface area contributed by atoms with Gasteiger partial charge in [-0.25, -0.2) is 4.79 Å². The molecule has 0 aliphatic carbocycles. The molecular formula is C12H13NO4S. The van der Waals surface area contributed by atoms with E-state index in [0.29, 0.717) is 10.2 Å². The van der Waals surface area contributed by atoms with Gasteiger partial charge in [-0.2, -0.15) is 4.73 Å². The second kappa shape index (κ2) is 4.45. The lowest BCUT2D eigenvalue weighted by Gasteiger charge is -2.13. The predicted molar refractivity (Wildman–Crippen MR) is 69.5 cm³/mol. The van der Waals surface area contributed by atoms with E-state index in [4.69, 9.17) is 9.94 Å². The maximum absolute atomic E-state index is 12.0. The lowest BCUT2D eigenvalue weighted by molar-refractivity contribution is 0.0623. The van der Waals surface area contributed by atoms with Crippen molar-refractivity contribution in [2.24, 2.45) is 0 Å². The average molecular weight is 267 g/mol. The Hall–Kier alpha value is -1.82. The summed E-state index contributed by atoms with van der Waals surface area (Å²) in [5, 5.41) is 9.41. The lowest BCUT2D eigenvalue weighted by Crippen LogP contribution is -2.24. The molecule has 2 rings (SSSR count). The molecular weight excluding hydrogens is 254 g/mol. The van der Waals surface area contributed by atoms with Crippen molar-refractivity contribution in [3.05, 3.63) is 32.9 Å². The van der Waals surface area contributed by atoms with Crippen molar-refractivity contribution >= 4 is 27.5 Å². The van der Waals surface area contributed by atoms with E-state index in [1.165, 1.54) is 22.3 Å². The fourth-order valence-corrected chi connectivity index (χ4v) is 2.59. The van der Waals surface area contributed by atoms with Gasteiger partial charge in [0, 0.05) is 4.88 Å². The number of carbonyl (C=O) groups is 1. The number of aryl methyl sites for hydroxylation is 1. The van der Waals surface area contributed by atoms with Crippen molar-refractivity contribution in [1.29, 1.82) is 0 Å². The van der Waals surface area contributed by atoms with Gasteiger partial charge in [-0.05, 0) is 26.8 Å². The highest BCUT2D eigenvalue weighted by atomic mass is 32.1. The first-order chi connectivity index (χ1) is 8.40. The highest BCUT2D eigenvalue weighted by molar-refractivity contribution is 7.18. The van der Waals surface area contributed by atoms with Gasteiger partial charge in [0.15, 0.2) is 0 Å². The second-order valence-electron chi connectivity index (χ2n) is 4.23. The third-order valence-corrected chi connectivity index (χ3v) is 3.36. The molecule has 0 radical (unpaired) electrons. The number of rotatable bonds is 3. The molecule has 0 aliphatic rings. The Bertz CT molecular complexity index is 669. The third-order valence-electron chi connectivity index (χ3n) is 2.33. The van der Waals surface area contributed by atoms with Crippen molar-refractivity contribution < 1.29 is 14.7 Å². The van der Waals surface area contributed by atoms with E-state index in [1.54, 1.807) is 6.07 Å². The summed E-state index contributed by atoms with van der Waals surface area (Å²) < 4.78 is 1.38. The maximum atomic E-state index is 12.0. The summed E-state index contributed by atoms with van der Waals surface area (Å²) in [7, 11) is 0. The molecule has 1 N–H and O–H groups in total. The Kier molecular flexibility index (Phi) is 3.13. The molecule has 0 atom stereocenters. The zero-order chi connectivity index (χ0) is 13.4. The van der Waals surface area contributed by atoms with Gasteiger partial charge in [0.2, 0.25) is 5.43 Å². The van der Waals surface area contributed by atoms with E-state index >= 15 is 0 Å². The Balaban J connectivity index is 2.79. The molecule has 6 heteroatoms. The minimum absolute atomic E-state index is 0.111. The van der Waals surface area contributed by atoms with Gasteiger partial charge in [0.25, 0.3) is 0 Å². The fraction of sp³-hybridized carbons (Fsp3) is 0.333. The quantitative estimate of drug-likeness (QED) is 0.922. The van der Waals surface area contributed by atoms with Gasteiger partial charge in [-0.3, -0.25) is 4.79 Å². The first-order valence-corrected chi connectivity index (χ1v) is 6.28. The lowest BCUT2D eigenvalue weighted by atomic mass is 10.2. The predicted octanol–water partition coefficient (Wildman–Crippen LogP) is 1.91. The molecule has 2 aromatic rings. The van der Waals surface area contributed by atoms with Crippen LogP contribution < -0.4 is 10.3 Å². The summed E-state index contributed by atoms with van der Waals surface area (Å²) in [4.78, 5) is 30.1. The molecule has 18 heavy (non-hydrogen) atoms. The monoisotopic (exact) mass is 267 g/mol. The standard InChI is InChI=1S/C12H13NO4S/c1-6(2)17-13-5-9(12(15)16)10(14)8-4-7(3)18-11(8)13/h4-6H,1-3H3,(H,15,16). The van der Waals surface area contributed by atoms with Gasteiger partial charge >= 0.3 is 5.97 Å². The number of hydrogen-bond acceptors (Lipinski definition) is 4. The van der Waals surface area contributed by atoms with E-state index in [2.05, 4.69) is 0 Å². The highest BCUT2D eigenvalue weighted by Crippen LogP contribution is 2.22. The number of fused-ring (bicyclic) bond motifs is 1. The summed E-state index contributed by atoms with van der Waals surface area (Å²) in [5.41, 5.74) is -0.744. The SMILES string of the molecule is Cc1cc2c(=O)c(C(=O)O)cn(OC(C)C)c2s1. The van der Waals surface area contributed by atoms with Crippen molar-refractivity contribution in [1.82, 2.24) is 4.73 Å². The zero-order valence-corrected chi connectivity index (χ0v) is 11.1. The van der Waals surface area contributed by atoms with Crippen LogP contribution in [0.1, 0.15) is 29.1 Å². The van der Waals surface area contributed by atoms with Crippen LogP contribution in [-0.4, -0.2) is 21.9 Å². The number of carboxylic acid groups (broad SMARTS) is 1. The number of hydrogen-bond donors (Lipinski definition) is 1. The second-order valence-corrected chi connectivity index (χ2v) is 5.47. The molecule has 5 nitrogen and oxygen atoms in total. The van der Waals surface area contributed by atoms with E-state index in [9.17, 15) is 9.59 Å². The molecule has 0 bridgehead atoms. The summed E-state index contributed by atoms with van der Waals surface area (Å²) in [5.74, 6) is -1.24. The van der Waals surface area contributed by atoms with E-state index in [-0.39, 0.29) is 11.7 Å². The summed E-state index contributed by atoms with van der Waals surface area (Å²) in [6, 6.07) is 1.69. The number of aromatic nitrogens is 1. The Morgan fingerprint density at radius 3 is 2.72 bits per heavy atom. The summed E-state index contributed by atoms with van der Waals surface area (Å²) >= 11 is 1.40. The van der Waals surface area contributed by atoms with Crippen LogP contribution in [0.4, 0.5) is 0 Å². The van der Waals surface area contributed by atoms with E-state index < -0.39 is 11.4 Å². The zero-order valence-electron chi connectivity index (χ0n) is 10.3. The van der Waals surface area contributed by atoms with Crippen LogP contribution in [0, 0.1) is 6.92 Å². The topological polar surface area (TPSA) is 68.5 Å². The van der Waals surface area contributed by atoms with E-state index in [1.807, 2.05) is 20.8 Å². The van der Waals surface area contributed by atoms with Gasteiger partial charge in [0.05, 0.1) is 11.6 Å². The smallest absolute Gasteiger partial charge is 0.341 e. The van der Waals surface area contributed by atoms with Crippen molar-refractivity contribution in [3.63, 3.8) is 0 Å². The first kappa shape index (κ1) is 12.6. The average Bonchev–Trinajstić information content (AvgIpc) is 2.63. The molecule has 0 spiro atoms. The normalized spacial score (nSPS) is 11.1. The van der Waals surface area contributed by atoms with Gasteiger partial charge in [-0.15, -0.1) is 11.3 Å². The largest absolute Gasteiger partial charge is 0.477 e. The first-order valence-electron chi connectivity index (χ1n) is 5.46. The van der Waals surface area contributed by atoms with Crippen LogP contribution in [0.15, 0.2) is 17.1 Å². The fourth-order valence-electron chi connectivity index (χ4n) is 1.67. The highest BCUT2D eigenvalue weighted by Gasteiger charge is 2.17. The van der Waals surface area contributed by atoms with Crippen LogP contribution in [0.25, 0.3) is 10.2 Å². The minimum atomic E-state index is -1.24. The van der Waals surface area contributed by atoms with Gasteiger partial charge < -0.3 is 9.94 Å². The van der Waals surface area contributed by atoms with Crippen molar-refractivity contribution in [2.75, 3.05) is 0 Å². The van der Waals surface area contributed by atoms with Gasteiger partial charge in [0.1, 0.15) is 16.5 Å². The Labute approximate surface area is 107 Å². The molecule has 0 fully saturated rings. The van der Waals surface area contributed by atoms with Crippen LogP contribution >= 0.6 is 11.3 Å². The van der Waals surface area contributed by atoms with E-state index in [0.717, 1.165) is 4.88 Å². The molecule has 0 aromatic carbocycles. The number of nitrogens with zero attached hydrogens (tertiary/aromatic N) is 1. The number of pyridine rings is 1. The molecule has 96 valence electrons. The Morgan fingerprint density at radius 2 is 2.17 bits per heavy atom. The number of thiophene rings is 1. The number of aromatic carboxylic acids is 1. The molecule has 0 aliphatic heterocycles. The molecule has 0 saturated heterocycles. The minimum Gasteiger partial charge on any atom is -0.477 e. The molecule has 2 aromatic heterocycles. The van der Waals surface area contributed by atoms with Crippen LogP contribution in [0.3, 0.4) is 0 Å². The van der Waals surface area contributed by atoms with Crippen molar-refractivity contribution in [2.45, 2.75) is 26.9 Å². The number of carboxylic acids is 1. The summed E-state index contributed by atoms with van der Waals surface area (Å²) in [6.45, 7) is 5.54. The molecule has 0 saturated carbocycles. The van der Waals surface area contributed by atoms with Crippen LogP contribution in [-0.2, 0) is 0 Å². The van der Waals surface area contributed by atoms with Gasteiger partial charge in [-0.1, -0.05) is 0 Å². The summed E-state index contributed by atoms with van der Waals surface area (Å²) in [6.07, 6.45) is 1.13. The molecule has 0 amide bonds. The molecule has 2 heterocycles. The van der Waals surface area contributed by atoms with Crippen LogP contribution in [0.5, 0.6) is 0 Å². The van der Waals surface area contributed by atoms with Crippen molar-refractivity contribution in [3.8, 4) is 0 Å².